The van der Waals surface area contributed by atoms with Gasteiger partial charge in [0, 0.05) is 12.6 Å². The maximum absolute atomic E-state index is 5.75. The lowest BCUT2D eigenvalue weighted by Gasteiger charge is -2.23. The normalized spacial score (nSPS) is 18.7. The molecule has 1 aliphatic heterocycles. The van der Waals surface area contributed by atoms with Gasteiger partial charge in [-0.2, -0.15) is 5.10 Å². The van der Waals surface area contributed by atoms with Gasteiger partial charge in [-0.25, -0.2) is 9.97 Å². The summed E-state index contributed by atoms with van der Waals surface area (Å²) in [5.74, 6) is 2.07. The van der Waals surface area contributed by atoms with Gasteiger partial charge in [0.25, 0.3) is 5.89 Å². The molecule has 7 nitrogen and oxygen atoms in total. The van der Waals surface area contributed by atoms with Crippen molar-refractivity contribution in [3.05, 3.63) is 42.5 Å². The van der Waals surface area contributed by atoms with Crippen LogP contribution in [0.4, 0.5) is 0 Å². The summed E-state index contributed by atoms with van der Waals surface area (Å²) in [4.78, 5) is 11.1. The van der Waals surface area contributed by atoms with Crippen molar-refractivity contribution in [2.45, 2.75) is 38.9 Å². The molecule has 0 aliphatic carbocycles. The summed E-state index contributed by atoms with van der Waals surface area (Å²) in [5.41, 5.74) is 0.974. The molecule has 0 spiro atoms. The molecule has 1 aliphatic rings. The Balaban J connectivity index is 1.48. The SMILES string of the molecule is Cc1oc(-c2ccco2)nc1CN1CCCC1Cn1cncn1. The van der Waals surface area contributed by atoms with Gasteiger partial charge < -0.3 is 8.83 Å². The molecule has 1 saturated heterocycles. The molecular formula is C16H19N5O2. The molecule has 4 rings (SSSR count). The molecule has 0 amide bonds. The molecule has 0 N–H and O–H groups in total. The van der Waals surface area contributed by atoms with Gasteiger partial charge in [0.15, 0.2) is 5.76 Å². The Morgan fingerprint density at radius 3 is 3.13 bits per heavy atom. The summed E-state index contributed by atoms with van der Waals surface area (Å²) in [6.07, 6.45) is 7.34. The van der Waals surface area contributed by atoms with Crippen LogP contribution in [0.15, 0.2) is 39.9 Å². The quantitative estimate of drug-likeness (QED) is 0.720. The van der Waals surface area contributed by atoms with E-state index in [1.165, 1.54) is 12.8 Å². The topological polar surface area (TPSA) is 73.1 Å². The van der Waals surface area contributed by atoms with Crippen molar-refractivity contribution >= 4 is 0 Å². The molecule has 1 atom stereocenters. The van der Waals surface area contributed by atoms with E-state index in [9.17, 15) is 0 Å². The Labute approximate surface area is 133 Å². The number of nitrogens with zero attached hydrogens (tertiary/aromatic N) is 5. The van der Waals surface area contributed by atoms with Gasteiger partial charge in [-0.05, 0) is 38.4 Å². The fourth-order valence-electron chi connectivity index (χ4n) is 3.13. The molecular weight excluding hydrogens is 294 g/mol. The Morgan fingerprint density at radius 2 is 2.35 bits per heavy atom. The molecule has 0 radical (unpaired) electrons. The highest BCUT2D eigenvalue weighted by Crippen LogP contribution is 2.26. The van der Waals surface area contributed by atoms with Crippen molar-refractivity contribution in [2.75, 3.05) is 6.54 Å². The number of aromatic nitrogens is 4. The third-order valence-electron chi connectivity index (χ3n) is 4.34. The summed E-state index contributed by atoms with van der Waals surface area (Å²) >= 11 is 0. The van der Waals surface area contributed by atoms with Crippen LogP contribution < -0.4 is 0 Å². The van der Waals surface area contributed by atoms with E-state index in [0.29, 0.717) is 17.7 Å². The average molecular weight is 313 g/mol. The fourth-order valence-corrected chi connectivity index (χ4v) is 3.13. The van der Waals surface area contributed by atoms with Crippen LogP contribution >= 0.6 is 0 Å². The van der Waals surface area contributed by atoms with Crippen molar-refractivity contribution in [3.63, 3.8) is 0 Å². The smallest absolute Gasteiger partial charge is 0.263 e. The van der Waals surface area contributed by atoms with Crippen LogP contribution in [0.25, 0.3) is 11.7 Å². The first-order valence-corrected chi connectivity index (χ1v) is 7.86. The third kappa shape index (κ3) is 2.92. The monoisotopic (exact) mass is 313 g/mol. The van der Waals surface area contributed by atoms with E-state index in [1.807, 2.05) is 23.7 Å². The number of likely N-dealkylation sites (tertiary alicyclic amines) is 1. The van der Waals surface area contributed by atoms with Crippen LogP contribution in [0.3, 0.4) is 0 Å². The van der Waals surface area contributed by atoms with Gasteiger partial charge in [-0.15, -0.1) is 0 Å². The minimum absolute atomic E-state index is 0.458. The van der Waals surface area contributed by atoms with Gasteiger partial charge >= 0.3 is 0 Å². The number of aryl methyl sites for hydroxylation is 1. The van der Waals surface area contributed by atoms with E-state index in [0.717, 1.165) is 31.1 Å². The van der Waals surface area contributed by atoms with Gasteiger partial charge in [-0.3, -0.25) is 9.58 Å². The molecule has 1 unspecified atom stereocenters. The highest BCUT2D eigenvalue weighted by molar-refractivity contribution is 5.44. The molecule has 120 valence electrons. The maximum atomic E-state index is 5.75. The number of furan rings is 1. The number of hydrogen-bond acceptors (Lipinski definition) is 6. The summed E-state index contributed by atoms with van der Waals surface area (Å²) in [6, 6.07) is 4.15. The van der Waals surface area contributed by atoms with E-state index in [-0.39, 0.29) is 0 Å². The second kappa shape index (κ2) is 6.00. The highest BCUT2D eigenvalue weighted by atomic mass is 16.4. The predicted molar refractivity (Wildman–Crippen MR) is 82.4 cm³/mol. The van der Waals surface area contributed by atoms with Crippen molar-refractivity contribution in [3.8, 4) is 11.7 Å². The first kappa shape index (κ1) is 14.2. The zero-order chi connectivity index (χ0) is 15.6. The number of oxazole rings is 1. The lowest BCUT2D eigenvalue weighted by Crippen LogP contribution is -2.33. The van der Waals surface area contributed by atoms with Crippen LogP contribution in [-0.2, 0) is 13.1 Å². The Morgan fingerprint density at radius 1 is 1.39 bits per heavy atom. The molecule has 7 heteroatoms. The van der Waals surface area contributed by atoms with Gasteiger partial charge in [-0.1, -0.05) is 0 Å². The molecule has 23 heavy (non-hydrogen) atoms. The van der Waals surface area contributed by atoms with Crippen LogP contribution in [0, 0.1) is 6.92 Å². The molecule has 0 aromatic carbocycles. The lowest BCUT2D eigenvalue weighted by molar-refractivity contribution is 0.216. The van der Waals surface area contributed by atoms with Gasteiger partial charge in [0.2, 0.25) is 0 Å². The van der Waals surface area contributed by atoms with Gasteiger partial charge in [0.1, 0.15) is 18.4 Å². The maximum Gasteiger partial charge on any atom is 0.263 e. The van der Waals surface area contributed by atoms with Crippen molar-refractivity contribution in [1.29, 1.82) is 0 Å². The third-order valence-corrected chi connectivity index (χ3v) is 4.34. The summed E-state index contributed by atoms with van der Waals surface area (Å²) in [6.45, 7) is 4.68. The largest absolute Gasteiger partial charge is 0.459 e. The zero-order valence-electron chi connectivity index (χ0n) is 13.1. The molecule has 3 aromatic rings. The van der Waals surface area contributed by atoms with Crippen LogP contribution in [0.5, 0.6) is 0 Å². The highest BCUT2D eigenvalue weighted by Gasteiger charge is 2.27. The summed E-state index contributed by atoms with van der Waals surface area (Å²) < 4.78 is 13.0. The van der Waals surface area contributed by atoms with Crippen LogP contribution in [-0.4, -0.2) is 37.2 Å². The zero-order valence-corrected chi connectivity index (χ0v) is 13.1. The van der Waals surface area contributed by atoms with Crippen LogP contribution in [0.1, 0.15) is 24.3 Å². The second-order valence-corrected chi connectivity index (χ2v) is 5.88. The minimum Gasteiger partial charge on any atom is -0.459 e. The Kier molecular flexibility index (Phi) is 3.70. The van der Waals surface area contributed by atoms with E-state index in [1.54, 1.807) is 18.9 Å². The standard InChI is InChI=1S/C16H19N5O2/c1-12-14(19-16(23-12)15-5-3-7-22-15)9-20-6-2-4-13(20)8-21-11-17-10-18-21/h3,5,7,10-11,13H,2,4,6,8-9H2,1H3. The van der Waals surface area contributed by atoms with Crippen molar-refractivity contribution in [2.24, 2.45) is 0 Å². The van der Waals surface area contributed by atoms with Crippen molar-refractivity contribution < 1.29 is 8.83 Å². The van der Waals surface area contributed by atoms with Gasteiger partial charge in [0.05, 0.1) is 18.5 Å². The summed E-state index contributed by atoms with van der Waals surface area (Å²) in [7, 11) is 0. The Bertz CT molecular complexity index is 748. The predicted octanol–water partition coefficient (Wildman–Crippen LogP) is 2.50. The lowest BCUT2D eigenvalue weighted by atomic mass is 10.2. The van der Waals surface area contributed by atoms with Crippen molar-refractivity contribution in [1.82, 2.24) is 24.6 Å². The van der Waals surface area contributed by atoms with Crippen LogP contribution in [0.2, 0.25) is 0 Å². The number of rotatable bonds is 5. The van der Waals surface area contributed by atoms with E-state index >= 15 is 0 Å². The van der Waals surface area contributed by atoms with E-state index < -0.39 is 0 Å². The first-order valence-electron chi connectivity index (χ1n) is 7.86. The Hall–Kier alpha value is -2.41. The molecule has 1 fully saturated rings. The fraction of sp³-hybridized carbons (Fsp3) is 0.438. The summed E-state index contributed by atoms with van der Waals surface area (Å²) in [5, 5.41) is 4.21. The number of hydrogen-bond donors (Lipinski definition) is 0. The van der Waals surface area contributed by atoms with E-state index in [4.69, 9.17) is 8.83 Å². The molecule has 0 bridgehead atoms. The second-order valence-electron chi connectivity index (χ2n) is 5.88. The molecule has 4 heterocycles. The first-order chi connectivity index (χ1) is 11.3. The average Bonchev–Trinajstić information content (AvgIpc) is 3.31. The van der Waals surface area contributed by atoms with E-state index in [2.05, 4.69) is 20.0 Å². The molecule has 0 saturated carbocycles. The molecule has 3 aromatic heterocycles. The minimum atomic E-state index is 0.458.